The first kappa shape index (κ1) is 17.7. The molecule has 1 fully saturated rings. The van der Waals surface area contributed by atoms with Crippen molar-refractivity contribution in [3.63, 3.8) is 0 Å². The third kappa shape index (κ3) is 6.17. The molecule has 0 saturated heterocycles. The first-order valence-electron chi connectivity index (χ1n) is 8.32. The maximum Gasteiger partial charge on any atom is 0.223 e. The van der Waals surface area contributed by atoms with Crippen molar-refractivity contribution in [3.05, 3.63) is 16.1 Å². The number of hydrogen-bond donors (Lipinski definition) is 3. The van der Waals surface area contributed by atoms with Gasteiger partial charge in [-0.15, -0.1) is 11.3 Å². The van der Waals surface area contributed by atoms with E-state index in [0.29, 0.717) is 19.6 Å². The molecule has 0 spiro atoms. The van der Waals surface area contributed by atoms with E-state index in [-0.39, 0.29) is 11.8 Å². The van der Waals surface area contributed by atoms with Gasteiger partial charge in [0.1, 0.15) is 5.01 Å². The van der Waals surface area contributed by atoms with Crippen LogP contribution in [0.4, 0.5) is 0 Å². The zero-order chi connectivity index (χ0) is 16.5. The average molecular weight is 337 g/mol. The Morgan fingerprint density at radius 1 is 1.26 bits per heavy atom. The third-order valence-electron chi connectivity index (χ3n) is 3.99. The molecule has 0 atom stereocenters. The van der Waals surface area contributed by atoms with Gasteiger partial charge >= 0.3 is 0 Å². The van der Waals surface area contributed by atoms with Gasteiger partial charge in [0, 0.05) is 37.1 Å². The fraction of sp³-hybridized carbons (Fsp3) is 0.688. The van der Waals surface area contributed by atoms with Gasteiger partial charge in [0.05, 0.1) is 6.54 Å². The van der Waals surface area contributed by atoms with Crippen LogP contribution in [0.2, 0.25) is 0 Å². The predicted octanol–water partition coefficient (Wildman–Crippen LogP) is 1.81. The molecule has 1 heterocycles. The monoisotopic (exact) mass is 337 g/mol. The molecular weight excluding hydrogens is 310 g/mol. The summed E-state index contributed by atoms with van der Waals surface area (Å²) in [5, 5.41) is 10.5. The lowest BCUT2D eigenvalue weighted by atomic mass is 9.89. The Morgan fingerprint density at radius 3 is 2.65 bits per heavy atom. The van der Waals surface area contributed by atoms with Crippen LogP contribution < -0.4 is 16.0 Å². The molecule has 0 aliphatic heterocycles. The minimum atomic E-state index is 0.202. The van der Waals surface area contributed by atoms with Crippen molar-refractivity contribution in [2.75, 3.05) is 20.1 Å². The number of aryl methyl sites for hydroxylation is 1. The minimum Gasteiger partial charge on any atom is -0.355 e. The molecule has 128 valence electrons. The van der Waals surface area contributed by atoms with Gasteiger partial charge in [0.25, 0.3) is 0 Å². The summed E-state index contributed by atoms with van der Waals surface area (Å²) >= 11 is 1.67. The predicted molar refractivity (Wildman–Crippen MR) is 94.6 cm³/mol. The van der Waals surface area contributed by atoms with Crippen LogP contribution >= 0.6 is 11.3 Å². The third-order valence-corrected chi connectivity index (χ3v) is 4.91. The molecule has 2 rings (SSSR count). The zero-order valence-corrected chi connectivity index (χ0v) is 14.8. The maximum atomic E-state index is 12.0. The van der Waals surface area contributed by atoms with Gasteiger partial charge < -0.3 is 16.0 Å². The van der Waals surface area contributed by atoms with E-state index in [1.54, 1.807) is 18.4 Å². The summed E-state index contributed by atoms with van der Waals surface area (Å²) in [7, 11) is 1.74. The van der Waals surface area contributed by atoms with Gasteiger partial charge in [-0.1, -0.05) is 19.3 Å². The van der Waals surface area contributed by atoms with Crippen LogP contribution in [0.5, 0.6) is 0 Å². The summed E-state index contributed by atoms with van der Waals surface area (Å²) in [6.07, 6.45) is 7.59. The molecule has 23 heavy (non-hydrogen) atoms. The Morgan fingerprint density at radius 2 is 2.00 bits per heavy atom. The molecule has 1 aliphatic rings. The summed E-state index contributed by atoms with van der Waals surface area (Å²) in [6, 6.07) is 0. The number of rotatable bonds is 6. The number of amides is 1. The Kier molecular flexibility index (Phi) is 7.32. The van der Waals surface area contributed by atoms with E-state index >= 15 is 0 Å². The summed E-state index contributed by atoms with van der Waals surface area (Å²) < 4.78 is 0. The molecule has 1 aliphatic carbocycles. The van der Waals surface area contributed by atoms with E-state index in [9.17, 15) is 4.79 Å². The lowest BCUT2D eigenvalue weighted by molar-refractivity contribution is -0.125. The molecule has 0 bridgehead atoms. The van der Waals surface area contributed by atoms with Crippen molar-refractivity contribution >= 4 is 23.2 Å². The van der Waals surface area contributed by atoms with Crippen LogP contribution in [0.25, 0.3) is 0 Å². The van der Waals surface area contributed by atoms with Gasteiger partial charge in [0.2, 0.25) is 5.91 Å². The summed E-state index contributed by atoms with van der Waals surface area (Å²) in [5.41, 5.74) is 0. The molecule has 1 saturated carbocycles. The lowest BCUT2D eigenvalue weighted by Crippen LogP contribution is -2.42. The Hall–Kier alpha value is -1.63. The van der Waals surface area contributed by atoms with Gasteiger partial charge in [-0.3, -0.25) is 9.79 Å². The van der Waals surface area contributed by atoms with E-state index in [1.165, 1.54) is 24.1 Å². The molecule has 6 nitrogen and oxygen atoms in total. The number of carbonyl (C=O) groups is 1. The minimum absolute atomic E-state index is 0.202. The molecule has 0 aromatic carbocycles. The van der Waals surface area contributed by atoms with E-state index in [0.717, 1.165) is 23.8 Å². The number of nitrogens with zero attached hydrogens (tertiary/aromatic N) is 2. The molecule has 0 unspecified atom stereocenters. The second-order valence-electron chi connectivity index (χ2n) is 5.84. The number of aromatic nitrogens is 1. The van der Waals surface area contributed by atoms with E-state index in [4.69, 9.17) is 0 Å². The number of guanidine groups is 1. The van der Waals surface area contributed by atoms with Gasteiger partial charge in [-0.25, -0.2) is 4.98 Å². The van der Waals surface area contributed by atoms with Crippen LogP contribution in [-0.2, 0) is 11.3 Å². The molecule has 0 radical (unpaired) electrons. The quantitative estimate of drug-likeness (QED) is 0.420. The fourth-order valence-electron chi connectivity index (χ4n) is 2.74. The van der Waals surface area contributed by atoms with Crippen LogP contribution in [0.15, 0.2) is 11.2 Å². The summed E-state index contributed by atoms with van der Waals surface area (Å²) in [6.45, 7) is 3.98. The molecule has 7 heteroatoms. The van der Waals surface area contributed by atoms with Crippen molar-refractivity contribution in [1.29, 1.82) is 0 Å². The maximum absolute atomic E-state index is 12.0. The first-order chi connectivity index (χ1) is 11.2. The number of hydrogen-bond acceptors (Lipinski definition) is 4. The van der Waals surface area contributed by atoms with E-state index in [2.05, 4.69) is 25.9 Å². The van der Waals surface area contributed by atoms with Crippen LogP contribution in [0.3, 0.4) is 0 Å². The smallest absolute Gasteiger partial charge is 0.223 e. The van der Waals surface area contributed by atoms with Crippen molar-refractivity contribution in [3.8, 4) is 0 Å². The summed E-state index contributed by atoms with van der Waals surface area (Å²) in [5.74, 6) is 1.15. The highest BCUT2D eigenvalue weighted by Gasteiger charge is 2.20. The van der Waals surface area contributed by atoms with Gasteiger partial charge in [-0.05, 0) is 19.8 Å². The number of aliphatic imine (C=N–C) groups is 1. The van der Waals surface area contributed by atoms with Gasteiger partial charge in [-0.2, -0.15) is 0 Å². The van der Waals surface area contributed by atoms with Crippen molar-refractivity contribution in [1.82, 2.24) is 20.9 Å². The Balaban J connectivity index is 1.60. The van der Waals surface area contributed by atoms with Gasteiger partial charge in [0.15, 0.2) is 5.96 Å². The number of thiazole rings is 1. The van der Waals surface area contributed by atoms with Crippen molar-refractivity contribution < 1.29 is 4.79 Å². The Labute approximate surface area is 142 Å². The fourth-order valence-corrected chi connectivity index (χ4v) is 3.47. The molecular formula is C16H27N5OS. The largest absolute Gasteiger partial charge is 0.355 e. The standard InChI is InChI=1S/C16H27N5OS/c1-12-10-20-14(23-12)11-21-16(17-2)19-9-8-18-15(22)13-6-4-3-5-7-13/h10,13H,3-9,11H2,1-2H3,(H,18,22)(H2,17,19,21). The first-order valence-corrected chi connectivity index (χ1v) is 9.14. The number of nitrogens with one attached hydrogen (secondary N) is 3. The highest BCUT2D eigenvalue weighted by atomic mass is 32.1. The second-order valence-corrected chi connectivity index (χ2v) is 7.16. The van der Waals surface area contributed by atoms with Crippen LogP contribution in [0.1, 0.15) is 42.0 Å². The molecule has 1 aromatic rings. The highest BCUT2D eigenvalue weighted by Crippen LogP contribution is 2.23. The number of carbonyl (C=O) groups excluding carboxylic acids is 1. The normalized spacial score (nSPS) is 16.2. The van der Waals surface area contributed by atoms with Crippen molar-refractivity contribution in [2.24, 2.45) is 10.9 Å². The summed E-state index contributed by atoms with van der Waals surface area (Å²) in [4.78, 5) is 21.7. The van der Waals surface area contributed by atoms with E-state index < -0.39 is 0 Å². The Bertz CT molecular complexity index is 522. The average Bonchev–Trinajstić information content (AvgIpc) is 3.00. The van der Waals surface area contributed by atoms with Crippen LogP contribution in [-0.4, -0.2) is 37.0 Å². The second kappa shape index (κ2) is 9.50. The zero-order valence-electron chi connectivity index (χ0n) is 14.0. The molecule has 3 N–H and O–H groups in total. The SMILES string of the molecule is CN=C(NCCNC(=O)C1CCCCC1)NCc1ncc(C)s1. The van der Waals surface area contributed by atoms with Crippen LogP contribution in [0, 0.1) is 12.8 Å². The lowest BCUT2D eigenvalue weighted by Gasteiger charge is -2.20. The highest BCUT2D eigenvalue weighted by molar-refractivity contribution is 7.11. The molecule has 1 amide bonds. The van der Waals surface area contributed by atoms with E-state index in [1.807, 2.05) is 13.1 Å². The topological polar surface area (TPSA) is 78.4 Å². The molecule has 1 aromatic heterocycles. The van der Waals surface area contributed by atoms with Crippen molar-refractivity contribution in [2.45, 2.75) is 45.6 Å².